The number of benzene rings is 2. The average molecular weight is 633 g/mol. The molecule has 1 aliphatic heterocycles. The van der Waals surface area contributed by atoms with Gasteiger partial charge in [0.2, 0.25) is 0 Å². The number of nitrogens with zero attached hydrogens (tertiary/aromatic N) is 2. The van der Waals surface area contributed by atoms with Crippen molar-refractivity contribution in [3.63, 3.8) is 0 Å². The summed E-state index contributed by atoms with van der Waals surface area (Å²) in [6.45, 7) is 1.46. The van der Waals surface area contributed by atoms with Gasteiger partial charge >= 0.3 is 5.97 Å². The van der Waals surface area contributed by atoms with Crippen molar-refractivity contribution in [2.24, 2.45) is 7.05 Å². The zero-order chi connectivity index (χ0) is 32.0. The third-order valence-corrected chi connectivity index (χ3v) is 7.58. The minimum absolute atomic E-state index is 0.0122. The smallest absolute Gasteiger partial charge is 0.338 e. The van der Waals surface area contributed by atoms with Gasteiger partial charge in [0.25, 0.3) is 0 Å². The number of aromatic nitrogens is 2. The van der Waals surface area contributed by atoms with E-state index in [2.05, 4.69) is 5.10 Å². The summed E-state index contributed by atoms with van der Waals surface area (Å²) in [5.74, 6) is -0.432. The van der Waals surface area contributed by atoms with Crippen LogP contribution in [0.5, 0.6) is 11.5 Å². The highest BCUT2D eigenvalue weighted by molar-refractivity contribution is 6.32. The van der Waals surface area contributed by atoms with Crippen LogP contribution in [-0.2, 0) is 45.5 Å². The van der Waals surface area contributed by atoms with Gasteiger partial charge in [0, 0.05) is 32.7 Å². The number of carbonyl (C=O) groups is 2. The van der Waals surface area contributed by atoms with E-state index in [4.69, 9.17) is 35.3 Å². The maximum atomic E-state index is 13.0. The van der Waals surface area contributed by atoms with Crippen LogP contribution < -0.4 is 9.47 Å². The number of rotatable bonds is 13. The van der Waals surface area contributed by atoms with E-state index in [0.717, 1.165) is 22.5 Å². The number of halogens is 1. The first kappa shape index (κ1) is 33.4. The van der Waals surface area contributed by atoms with Gasteiger partial charge in [0.15, 0.2) is 23.9 Å². The van der Waals surface area contributed by atoms with Crippen LogP contribution in [0.1, 0.15) is 39.3 Å². The first-order chi connectivity index (χ1) is 21.0. The second-order valence-electron chi connectivity index (χ2n) is 10.5. The molecule has 0 amide bonds. The van der Waals surface area contributed by atoms with Crippen molar-refractivity contribution in [2.75, 3.05) is 20.8 Å². The van der Waals surface area contributed by atoms with Crippen LogP contribution in [-0.4, -0.2) is 88.4 Å². The lowest BCUT2D eigenvalue weighted by Crippen LogP contribution is -2.60. The monoisotopic (exact) mass is 632 g/mol. The van der Waals surface area contributed by atoms with Crippen LogP contribution in [0.25, 0.3) is 0 Å². The Kier molecular flexibility index (Phi) is 11.4. The molecule has 4 rings (SSSR count). The molecule has 0 bridgehead atoms. The topological polar surface area (TPSA) is 159 Å². The number of aliphatic hydroxyl groups is 3. The van der Waals surface area contributed by atoms with Crippen molar-refractivity contribution in [1.29, 1.82) is 0 Å². The highest BCUT2D eigenvalue weighted by atomic mass is 35.5. The van der Waals surface area contributed by atoms with E-state index in [1.807, 2.05) is 44.3 Å². The molecule has 44 heavy (non-hydrogen) atoms. The Morgan fingerprint density at radius 2 is 1.84 bits per heavy atom. The van der Waals surface area contributed by atoms with E-state index >= 15 is 0 Å². The summed E-state index contributed by atoms with van der Waals surface area (Å²) in [5.41, 5.74) is 3.57. The predicted octanol–water partition coefficient (Wildman–Crippen LogP) is 2.32. The molecule has 5 atom stereocenters. The van der Waals surface area contributed by atoms with Gasteiger partial charge < -0.3 is 39.0 Å². The predicted molar refractivity (Wildman–Crippen MR) is 158 cm³/mol. The summed E-state index contributed by atoms with van der Waals surface area (Å²) in [4.78, 5) is 25.6. The number of aryl methyl sites for hydroxylation is 3. The zero-order valence-electron chi connectivity index (χ0n) is 24.9. The number of esters is 1. The van der Waals surface area contributed by atoms with Crippen LogP contribution in [0, 0.1) is 6.92 Å². The van der Waals surface area contributed by atoms with Gasteiger partial charge in [-0.25, -0.2) is 4.79 Å². The molecular weight excluding hydrogens is 596 g/mol. The molecule has 12 nitrogen and oxygen atoms in total. The van der Waals surface area contributed by atoms with Crippen LogP contribution in [0.4, 0.5) is 0 Å². The molecule has 0 radical (unpaired) electrons. The third-order valence-electron chi connectivity index (χ3n) is 7.30. The quantitative estimate of drug-likeness (QED) is 0.237. The molecule has 0 unspecified atom stereocenters. The maximum Gasteiger partial charge on any atom is 0.338 e. The Morgan fingerprint density at radius 1 is 1.09 bits per heavy atom. The van der Waals surface area contributed by atoms with Crippen molar-refractivity contribution in [3.8, 4) is 11.5 Å². The maximum absolute atomic E-state index is 13.0. The van der Waals surface area contributed by atoms with Crippen molar-refractivity contribution >= 4 is 23.4 Å². The zero-order valence-corrected chi connectivity index (χ0v) is 25.7. The highest BCUT2D eigenvalue weighted by Crippen LogP contribution is 2.37. The molecule has 1 saturated heterocycles. The van der Waals surface area contributed by atoms with Crippen molar-refractivity contribution in [2.45, 2.75) is 63.5 Å². The van der Waals surface area contributed by atoms with E-state index in [1.165, 1.54) is 26.4 Å². The van der Waals surface area contributed by atoms with Gasteiger partial charge in [-0.3, -0.25) is 9.48 Å². The fourth-order valence-electron chi connectivity index (χ4n) is 5.01. The third kappa shape index (κ3) is 7.95. The van der Waals surface area contributed by atoms with E-state index in [1.54, 1.807) is 4.68 Å². The van der Waals surface area contributed by atoms with Crippen LogP contribution in [0.2, 0.25) is 5.02 Å². The van der Waals surface area contributed by atoms with E-state index in [9.17, 15) is 24.9 Å². The minimum atomic E-state index is -1.58. The molecule has 1 aromatic heterocycles. The number of methoxy groups -OCH3 is 2. The molecule has 13 heteroatoms. The summed E-state index contributed by atoms with van der Waals surface area (Å²) in [6, 6.07) is 12.1. The number of ketones is 1. The van der Waals surface area contributed by atoms with Gasteiger partial charge in [0.1, 0.15) is 30.7 Å². The SMILES string of the molecule is COc1cc(C(=O)O[C@H]2[C@@H](OC)O[C@H](CO)[C@@H](O)[C@@H]2O)cc(Cl)c1OCc1cccc(CC(=O)CCc2cc(C)nn2C)c1. The fraction of sp³-hybridized carbons (Fsp3) is 0.452. The van der Waals surface area contributed by atoms with Gasteiger partial charge in [0.05, 0.1) is 30.0 Å². The molecule has 3 aromatic rings. The normalized spacial score (nSPS) is 21.6. The Hall–Kier alpha value is -3.52. The van der Waals surface area contributed by atoms with Crippen molar-refractivity contribution < 1.29 is 48.6 Å². The van der Waals surface area contributed by atoms with Gasteiger partial charge in [-0.15, -0.1) is 0 Å². The number of hydrogen-bond donors (Lipinski definition) is 3. The number of Topliss-reactive ketones (excluding diaryl/α,β-unsaturated/α-hetero) is 1. The van der Waals surface area contributed by atoms with Crippen molar-refractivity contribution in [1.82, 2.24) is 9.78 Å². The largest absolute Gasteiger partial charge is 0.493 e. The first-order valence-electron chi connectivity index (χ1n) is 14.0. The second kappa shape index (κ2) is 15.0. The van der Waals surface area contributed by atoms with Crippen LogP contribution in [0.15, 0.2) is 42.5 Å². The lowest BCUT2D eigenvalue weighted by atomic mass is 9.99. The Morgan fingerprint density at radius 3 is 2.50 bits per heavy atom. The number of ether oxygens (including phenoxy) is 5. The summed E-state index contributed by atoms with van der Waals surface area (Å²) in [6.07, 6.45) is -5.50. The van der Waals surface area contributed by atoms with Gasteiger partial charge in [-0.2, -0.15) is 5.10 Å². The Labute approximate surface area is 260 Å². The molecule has 238 valence electrons. The Balaban J connectivity index is 1.39. The fourth-order valence-corrected chi connectivity index (χ4v) is 5.27. The number of carbonyl (C=O) groups excluding carboxylic acids is 2. The summed E-state index contributed by atoms with van der Waals surface area (Å²) >= 11 is 6.48. The van der Waals surface area contributed by atoms with Crippen LogP contribution in [0.3, 0.4) is 0 Å². The van der Waals surface area contributed by atoms with Crippen LogP contribution >= 0.6 is 11.6 Å². The molecule has 0 spiro atoms. The molecule has 0 aliphatic carbocycles. The highest BCUT2D eigenvalue weighted by Gasteiger charge is 2.47. The molecule has 2 aromatic carbocycles. The molecule has 1 fully saturated rings. The molecule has 0 saturated carbocycles. The average Bonchev–Trinajstić information content (AvgIpc) is 3.33. The molecular formula is C31H37ClN2O10. The molecule has 2 heterocycles. The van der Waals surface area contributed by atoms with E-state index in [-0.39, 0.29) is 40.9 Å². The van der Waals surface area contributed by atoms with Gasteiger partial charge in [-0.05, 0) is 42.7 Å². The molecule has 1 aliphatic rings. The summed E-state index contributed by atoms with van der Waals surface area (Å²) < 4.78 is 29.1. The molecule has 3 N–H and O–H groups in total. The van der Waals surface area contributed by atoms with Gasteiger partial charge in [-0.1, -0.05) is 35.9 Å². The number of hydrogen-bond acceptors (Lipinski definition) is 11. The lowest BCUT2D eigenvalue weighted by Gasteiger charge is -2.40. The van der Waals surface area contributed by atoms with E-state index in [0.29, 0.717) is 12.8 Å². The summed E-state index contributed by atoms with van der Waals surface area (Å²) in [5, 5.41) is 34.4. The minimum Gasteiger partial charge on any atom is -0.493 e. The first-order valence-corrected chi connectivity index (χ1v) is 14.4. The van der Waals surface area contributed by atoms with Crippen molar-refractivity contribution in [3.05, 3.63) is 75.6 Å². The summed E-state index contributed by atoms with van der Waals surface area (Å²) in [7, 11) is 4.53. The lowest BCUT2D eigenvalue weighted by molar-refractivity contribution is -0.293. The standard InChI is InChI=1S/C31H37ClN2O10/c1-17-10-21(34(2)33-17)8-9-22(36)12-18-6-5-7-19(11-18)16-42-28-23(32)13-20(14-24(28)40-3)30(39)44-29-27(38)26(37)25(15-35)43-31(29)41-4/h5-7,10-11,13-14,25-27,29,31,35,37-38H,8-9,12,15-16H2,1-4H3/t25-,26-,27+,29-,31+/m1/s1. The second-order valence-corrected chi connectivity index (χ2v) is 10.9. The number of aliphatic hydroxyl groups excluding tert-OH is 3. The van der Waals surface area contributed by atoms with E-state index < -0.39 is 43.3 Å². The Bertz CT molecular complexity index is 1460.